The van der Waals surface area contributed by atoms with Crippen LogP contribution in [0.3, 0.4) is 0 Å². The zero-order valence-corrected chi connectivity index (χ0v) is 8.36. The molecule has 0 saturated carbocycles. The predicted octanol–water partition coefficient (Wildman–Crippen LogP) is 1.21. The number of hydrogen-bond acceptors (Lipinski definition) is 3. The minimum atomic E-state index is -0.928. The molecule has 1 rings (SSSR count). The van der Waals surface area contributed by atoms with E-state index in [1.807, 2.05) is 0 Å². The summed E-state index contributed by atoms with van der Waals surface area (Å²) in [4.78, 5) is 10.3. The van der Waals surface area contributed by atoms with Crippen LogP contribution in [-0.4, -0.2) is 37.0 Å². The summed E-state index contributed by atoms with van der Waals surface area (Å²) in [6, 6.07) is 0. The number of carboxylic acid groups (broad SMARTS) is 1. The number of carbonyl (C=O) groups is 1. The Morgan fingerprint density at radius 1 is 1.71 bits per heavy atom. The van der Waals surface area contributed by atoms with Gasteiger partial charge in [0.15, 0.2) is 0 Å². The smallest absolute Gasteiger partial charge is 0.328 e. The first kappa shape index (κ1) is 11.2. The number of rotatable bonds is 5. The van der Waals surface area contributed by atoms with Gasteiger partial charge in [0.1, 0.15) is 0 Å². The minimum Gasteiger partial charge on any atom is -0.478 e. The molecule has 1 atom stereocenters. The second-order valence-corrected chi connectivity index (χ2v) is 3.48. The van der Waals surface area contributed by atoms with Crippen LogP contribution in [0.1, 0.15) is 19.8 Å². The Kier molecular flexibility index (Phi) is 4.62. The number of aliphatic carboxylic acids is 1. The summed E-state index contributed by atoms with van der Waals surface area (Å²) < 4.78 is 10.7. The van der Waals surface area contributed by atoms with Crippen molar-refractivity contribution in [2.75, 3.05) is 19.8 Å². The SMILES string of the molecule is CC(=CC(=O)O)COCC1CCCO1. The van der Waals surface area contributed by atoms with Gasteiger partial charge in [0.05, 0.1) is 19.3 Å². The lowest BCUT2D eigenvalue weighted by Crippen LogP contribution is -2.15. The van der Waals surface area contributed by atoms with Crippen molar-refractivity contribution in [3.8, 4) is 0 Å². The normalized spacial score (nSPS) is 22.6. The Bertz CT molecular complexity index is 216. The highest BCUT2D eigenvalue weighted by atomic mass is 16.5. The molecule has 1 aliphatic heterocycles. The van der Waals surface area contributed by atoms with Crippen LogP contribution in [0.5, 0.6) is 0 Å². The third kappa shape index (κ3) is 4.39. The molecule has 80 valence electrons. The van der Waals surface area contributed by atoms with Crippen LogP contribution in [0.25, 0.3) is 0 Å². The maximum atomic E-state index is 10.3. The van der Waals surface area contributed by atoms with E-state index in [4.69, 9.17) is 14.6 Å². The Morgan fingerprint density at radius 2 is 2.50 bits per heavy atom. The molecule has 1 aliphatic rings. The van der Waals surface area contributed by atoms with Gasteiger partial charge in [-0.1, -0.05) is 0 Å². The average molecular weight is 200 g/mol. The Balaban J connectivity index is 2.11. The molecule has 0 aromatic rings. The Morgan fingerprint density at radius 3 is 3.07 bits per heavy atom. The van der Waals surface area contributed by atoms with E-state index in [1.54, 1.807) is 6.92 Å². The molecule has 1 N–H and O–H groups in total. The lowest BCUT2D eigenvalue weighted by atomic mass is 10.2. The number of hydrogen-bond donors (Lipinski definition) is 1. The summed E-state index contributed by atoms with van der Waals surface area (Å²) in [5, 5.41) is 8.44. The lowest BCUT2D eigenvalue weighted by Gasteiger charge is -2.09. The van der Waals surface area contributed by atoms with E-state index in [1.165, 1.54) is 0 Å². The lowest BCUT2D eigenvalue weighted by molar-refractivity contribution is -0.131. The average Bonchev–Trinajstić information content (AvgIpc) is 2.55. The highest BCUT2D eigenvalue weighted by Gasteiger charge is 2.15. The quantitative estimate of drug-likeness (QED) is 0.678. The van der Waals surface area contributed by atoms with E-state index in [0.717, 1.165) is 31.1 Å². The first-order valence-corrected chi connectivity index (χ1v) is 4.78. The zero-order chi connectivity index (χ0) is 10.4. The molecule has 0 aliphatic carbocycles. The van der Waals surface area contributed by atoms with Crippen molar-refractivity contribution in [2.45, 2.75) is 25.9 Å². The summed E-state index contributed by atoms with van der Waals surface area (Å²) in [7, 11) is 0. The molecule has 0 aromatic carbocycles. The summed E-state index contributed by atoms with van der Waals surface area (Å²) >= 11 is 0. The van der Waals surface area contributed by atoms with Crippen LogP contribution >= 0.6 is 0 Å². The van der Waals surface area contributed by atoms with Crippen LogP contribution < -0.4 is 0 Å². The fraction of sp³-hybridized carbons (Fsp3) is 0.700. The molecule has 0 aromatic heterocycles. The summed E-state index contributed by atoms with van der Waals surface area (Å²) in [5.74, 6) is -0.928. The number of carboxylic acids is 1. The predicted molar refractivity (Wildman–Crippen MR) is 51.2 cm³/mol. The molecule has 1 heterocycles. The maximum absolute atomic E-state index is 10.3. The van der Waals surface area contributed by atoms with Gasteiger partial charge in [-0.25, -0.2) is 4.79 Å². The van der Waals surface area contributed by atoms with Crippen LogP contribution in [0.4, 0.5) is 0 Å². The first-order valence-electron chi connectivity index (χ1n) is 4.78. The molecule has 0 amide bonds. The van der Waals surface area contributed by atoms with Crippen LogP contribution in [-0.2, 0) is 14.3 Å². The fourth-order valence-corrected chi connectivity index (χ4v) is 1.38. The van der Waals surface area contributed by atoms with Crippen LogP contribution in [0.15, 0.2) is 11.6 Å². The second kappa shape index (κ2) is 5.78. The van der Waals surface area contributed by atoms with E-state index < -0.39 is 5.97 Å². The van der Waals surface area contributed by atoms with Gasteiger partial charge in [-0.2, -0.15) is 0 Å². The minimum absolute atomic E-state index is 0.202. The van der Waals surface area contributed by atoms with Crippen molar-refractivity contribution in [3.63, 3.8) is 0 Å². The Hall–Kier alpha value is -0.870. The van der Waals surface area contributed by atoms with Gasteiger partial charge in [0.2, 0.25) is 0 Å². The van der Waals surface area contributed by atoms with Crippen LogP contribution in [0, 0.1) is 0 Å². The molecule has 0 spiro atoms. The van der Waals surface area contributed by atoms with Crippen LogP contribution in [0.2, 0.25) is 0 Å². The van der Waals surface area contributed by atoms with Gasteiger partial charge in [-0.15, -0.1) is 0 Å². The van der Waals surface area contributed by atoms with Crippen molar-refractivity contribution in [2.24, 2.45) is 0 Å². The summed E-state index contributed by atoms with van der Waals surface area (Å²) in [6.45, 7) is 3.48. The van der Waals surface area contributed by atoms with Gasteiger partial charge >= 0.3 is 5.97 Å². The molecule has 4 nitrogen and oxygen atoms in total. The van der Waals surface area contributed by atoms with E-state index in [0.29, 0.717) is 13.2 Å². The third-order valence-electron chi connectivity index (χ3n) is 2.03. The van der Waals surface area contributed by atoms with E-state index in [2.05, 4.69) is 0 Å². The standard InChI is InChI=1S/C10H16O4/c1-8(5-10(11)12)6-13-7-9-3-2-4-14-9/h5,9H,2-4,6-7H2,1H3,(H,11,12). The van der Waals surface area contributed by atoms with Gasteiger partial charge in [-0.3, -0.25) is 0 Å². The molecule has 1 saturated heterocycles. The highest BCUT2D eigenvalue weighted by molar-refractivity contribution is 5.80. The monoisotopic (exact) mass is 200 g/mol. The third-order valence-corrected chi connectivity index (χ3v) is 2.03. The largest absolute Gasteiger partial charge is 0.478 e. The summed E-state index contributed by atoms with van der Waals surface area (Å²) in [5.41, 5.74) is 0.718. The van der Waals surface area contributed by atoms with E-state index >= 15 is 0 Å². The van der Waals surface area contributed by atoms with Crippen molar-refractivity contribution < 1.29 is 19.4 Å². The molecule has 0 bridgehead atoms. The Labute approximate surface area is 83.5 Å². The summed E-state index contributed by atoms with van der Waals surface area (Å²) in [6.07, 6.45) is 3.50. The van der Waals surface area contributed by atoms with Crippen molar-refractivity contribution in [1.82, 2.24) is 0 Å². The first-order chi connectivity index (χ1) is 6.68. The molecule has 1 fully saturated rings. The molecule has 4 heteroatoms. The fourth-order valence-electron chi connectivity index (χ4n) is 1.38. The van der Waals surface area contributed by atoms with Crippen molar-refractivity contribution in [3.05, 3.63) is 11.6 Å². The maximum Gasteiger partial charge on any atom is 0.328 e. The van der Waals surface area contributed by atoms with E-state index in [-0.39, 0.29) is 6.10 Å². The van der Waals surface area contributed by atoms with Gasteiger partial charge in [0.25, 0.3) is 0 Å². The van der Waals surface area contributed by atoms with Crippen molar-refractivity contribution >= 4 is 5.97 Å². The van der Waals surface area contributed by atoms with Gasteiger partial charge in [0, 0.05) is 12.7 Å². The molecule has 14 heavy (non-hydrogen) atoms. The second-order valence-electron chi connectivity index (χ2n) is 3.48. The molecule has 0 radical (unpaired) electrons. The molecular formula is C10H16O4. The van der Waals surface area contributed by atoms with Crippen molar-refractivity contribution in [1.29, 1.82) is 0 Å². The van der Waals surface area contributed by atoms with Gasteiger partial charge in [-0.05, 0) is 25.3 Å². The van der Waals surface area contributed by atoms with E-state index in [9.17, 15) is 4.79 Å². The van der Waals surface area contributed by atoms with Gasteiger partial charge < -0.3 is 14.6 Å². The molecule has 1 unspecified atom stereocenters. The topological polar surface area (TPSA) is 55.8 Å². The number of ether oxygens (including phenoxy) is 2. The highest BCUT2D eigenvalue weighted by Crippen LogP contribution is 2.12. The molecular weight excluding hydrogens is 184 g/mol. The zero-order valence-electron chi connectivity index (χ0n) is 8.36.